The lowest BCUT2D eigenvalue weighted by atomic mass is 9.97. The lowest BCUT2D eigenvalue weighted by Gasteiger charge is -2.33. The van der Waals surface area contributed by atoms with Crippen LogP contribution in [0.25, 0.3) is 5.69 Å². The zero-order valence-corrected chi connectivity index (χ0v) is 14.4. The molecule has 4 rings (SSSR count). The smallest absolute Gasteiger partial charge is 0.271 e. The van der Waals surface area contributed by atoms with Crippen LogP contribution in [-0.4, -0.2) is 34.8 Å². The van der Waals surface area contributed by atoms with Crippen LogP contribution in [0, 0.1) is 11.7 Å². The van der Waals surface area contributed by atoms with Crippen molar-refractivity contribution in [2.75, 3.05) is 18.0 Å². The number of halogens is 1. The molecule has 1 atom stereocenters. The molecule has 1 saturated carbocycles. The van der Waals surface area contributed by atoms with E-state index >= 15 is 0 Å². The number of hydrogen-bond donors (Lipinski definition) is 1. The van der Waals surface area contributed by atoms with Gasteiger partial charge in [0.05, 0.1) is 11.6 Å². The molecule has 136 valence electrons. The zero-order valence-electron chi connectivity index (χ0n) is 14.4. The van der Waals surface area contributed by atoms with Gasteiger partial charge >= 0.3 is 0 Å². The first-order valence-electron chi connectivity index (χ1n) is 9.02. The Bertz CT molecular complexity index is 861. The van der Waals surface area contributed by atoms with Gasteiger partial charge in [-0.05, 0) is 56.0 Å². The van der Waals surface area contributed by atoms with E-state index in [1.165, 1.54) is 35.0 Å². The van der Waals surface area contributed by atoms with E-state index in [1.807, 2.05) is 4.90 Å². The van der Waals surface area contributed by atoms with Crippen LogP contribution in [0.3, 0.4) is 0 Å². The second-order valence-electron chi connectivity index (χ2n) is 6.99. The Morgan fingerprint density at radius 3 is 2.62 bits per heavy atom. The average molecular weight is 356 g/mol. The first kappa shape index (κ1) is 16.8. The molecule has 1 aromatic heterocycles. The molecule has 2 aliphatic rings. The van der Waals surface area contributed by atoms with E-state index in [2.05, 4.69) is 10.4 Å². The van der Waals surface area contributed by atoms with E-state index in [1.54, 1.807) is 6.07 Å². The molecule has 1 saturated heterocycles. The van der Waals surface area contributed by atoms with Gasteiger partial charge in [0, 0.05) is 25.2 Å². The first-order chi connectivity index (χ1) is 12.6. The minimum atomic E-state index is -0.362. The second-order valence-corrected chi connectivity index (χ2v) is 6.99. The summed E-state index contributed by atoms with van der Waals surface area (Å²) in [6.45, 7) is 1.38. The summed E-state index contributed by atoms with van der Waals surface area (Å²) in [6, 6.07) is 9.15. The van der Waals surface area contributed by atoms with Crippen LogP contribution in [0.1, 0.15) is 25.7 Å². The summed E-state index contributed by atoms with van der Waals surface area (Å²) in [6.07, 6.45) is 3.92. The monoisotopic (exact) mass is 356 g/mol. The molecule has 0 radical (unpaired) electrons. The van der Waals surface area contributed by atoms with Crippen LogP contribution >= 0.6 is 0 Å². The van der Waals surface area contributed by atoms with Crippen LogP contribution in [0.15, 0.2) is 41.2 Å². The number of rotatable bonds is 4. The Balaban J connectivity index is 1.55. The number of carbonyl (C=O) groups is 1. The van der Waals surface area contributed by atoms with Crippen molar-refractivity contribution in [3.8, 4) is 5.69 Å². The van der Waals surface area contributed by atoms with E-state index in [4.69, 9.17) is 0 Å². The number of nitrogens with one attached hydrogen (secondary N) is 1. The first-order valence-corrected chi connectivity index (χ1v) is 9.02. The van der Waals surface area contributed by atoms with Crippen molar-refractivity contribution in [3.05, 3.63) is 52.6 Å². The molecular formula is C19H21FN4O2. The SMILES string of the molecule is O=C(NC1CC1)[C@@H]1CCCN(c2ccc(=O)n(-c3ccc(F)cc3)n2)C1. The van der Waals surface area contributed by atoms with Gasteiger partial charge in [0.15, 0.2) is 0 Å². The Morgan fingerprint density at radius 2 is 1.88 bits per heavy atom. The number of anilines is 1. The Labute approximate surface area is 150 Å². The van der Waals surface area contributed by atoms with Crippen molar-refractivity contribution in [2.45, 2.75) is 31.7 Å². The van der Waals surface area contributed by atoms with Crippen LogP contribution in [-0.2, 0) is 4.79 Å². The molecule has 0 unspecified atom stereocenters. The molecule has 0 bridgehead atoms. The highest BCUT2D eigenvalue weighted by Crippen LogP contribution is 2.24. The minimum Gasteiger partial charge on any atom is -0.354 e. The maximum absolute atomic E-state index is 13.1. The van der Waals surface area contributed by atoms with Gasteiger partial charge in [-0.1, -0.05) is 0 Å². The standard InChI is InChI=1S/C19H21FN4O2/c20-14-3-7-16(8-4-14)24-18(25)10-9-17(22-24)23-11-1-2-13(12-23)19(26)21-15-5-6-15/h3-4,7-10,13,15H,1-2,5-6,11-12H2,(H,21,26)/t13-/m1/s1. The van der Waals surface area contributed by atoms with Crippen molar-refractivity contribution in [3.63, 3.8) is 0 Å². The summed E-state index contributed by atoms with van der Waals surface area (Å²) in [5, 5.41) is 7.51. The predicted molar refractivity (Wildman–Crippen MR) is 95.9 cm³/mol. The fourth-order valence-electron chi connectivity index (χ4n) is 3.28. The van der Waals surface area contributed by atoms with E-state index in [0.717, 1.165) is 32.2 Å². The van der Waals surface area contributed by atoms with Crippen molar-refractivity contribution < 1.29 is 9.18 Å². The van der Waals surface area contributed by atoms with Crippen molar-refractivity contribution >= 4 is 11.7 Å². The molecule has 7 heteroatoms. The largest absolute Gasteiger partial charge is 0.354 e. The maximum Gasteiger partial charge on any atom is 0.271 e. The van der Waals surface area contributed by atoms with Crippen molar-refractivity contribution in [1.82, 2.24) is 15.1 Å². The molecule has 1 N–H and O–H groups in total. The van der Waals surface area contributed by atoms with Gasteiger partial charge in [0.1, 0.15) is 11.6 Å². The Hall–Kier alpha value is -2.70. The molecule has 1 amide bonds. The topological polar surface area (TPSA) is 67.2 Å². The number of hydrogen-bond acceptors (Lipinski definition) is 4. The number of aromatic nitrogens is 2. The molecule has 2 aromatic rings. The number of benzene rings is 1. The van der Waals surface area contributed by atoms with Gasteiger partial charge < -0.3 is 10.2 Å². The molecular weight excluding hydrogens is 335 g/mol. The van der Waals surface area contributed by atoms with Gasteiger partial charge in [-0.2, -0.15) is 4.68 Å². The molecule has 2 heterocycles. The number of amides is 1. The van der Waals surface area contributed by atoms with Gasteiger partial charge in [0.2, 0.25) is 5.91 Å². The molecule has 2 fully saturated rings. The van der Waals surface area contributed by atoms with E-state index in [-0.39, 0.29) is 23.2 Å². The third kappa shape index (κ3) is 3.61. The van der Waals surface area contributed by atoms with E-state index in [9.17, 15) is 14.0 Å². The Kier molecular flexibility index (Phi) is 4.44. The fraction of sp³-hybridized carbons (Fsp3) is 0.421. The molecule has 1 aromatic carbocycles. The van der Waals surface area contributed by atoms with Gasteiger partial charge in [-0.3, -0.25) is 9.59 Å². The van der Waals surface area contributed by atoms with E-state index in [0.29, 0.717) is 24.1 Å². The van der Waals surface area contributed by atoms with Gasteiger partial charge in [0.25, 0.3) is 5.56 Å². The summed E-state index contributed by atoms with van der Waals surface area (Å²) >= 11 is 0. The second kappa shape index (κ2) is 6.90. The number of nitrogens with zero attached hydrogens (tertiary/aromatic N) is 3. The summed E-state index contributed by atoms with van der Waals surface area (Å²) < 4.78 is 14.4. The minimum absolute atomic E-state index is 0.0580. The van der Waals surface area contributed by atoms with E-state index < -0.39 is 0 Å². The quantitative estimate of drug-likeness (QED) is 0.908. The zero-order chi connectivity index (χ0) is 18.1. The highest BCUT2D eigenvalue weighted by atomic mass is 19.1. The summed E-state index contributed by atoms with van der Waals surface area (Å²) in [5.74, 6) is 0.345. The third-order valence-corrected chi connectivity index (χ3v) is 4.90. The summed E-state index contributed by atoms with van der Waals surface area (Å²) in [5.41, 5.74) is 0.235. The van der Waals surface area contributed by atoms with Crippen LogP contribution in [0.5, 0.6) is 0 Å². The Morgan fingerprint density at radius 1 is 1.12 bits per heavy atom. The van der Waals surface area contributed by atoms with Crippen LogP contribution < -0.4 is 15.8 Å². The van der Waals surface area contributed by atoms with Crippen LogP contribution in [0.2, 0.25) is 0 Å². The molecule has 0 spiro atoms. The molecule has 26 heavy (non-hydrogen) atoms. The van der Waals surface area contributed by atoms with Crippen LogP contribution in [0.4, 0.5) is 10.2 Å². The molecule has 1 aliphatic heterocycles. The maximum atomic E-state index is 13.1. The lowest BCUT2D eigenvalue weighted by Crippen LogP contribution is -2.44. The highest BCUT2D eigenvalue weighted by molar-refractivity contribution is 5.80. The van der Waals surface area contributed by atoms with Gasteiger partial charge in [-0.25, -0.2) is 4.39 Å². The number of carbonyl (C=O) groups excluding carboxylic acids is 1. The number of piperidine rings is 1. The van der Waals surface area contributed by atoms with Gasteiger partial charge in [-0.15, -0.1) is 5.10 Å². The van der Waals surface area contributed by atoms with Crippen molar-refractivity contribution in [2.24, 2.45) is 5.92 Å². The third-order valence-electron chi connectivity index (χ3n) is 4.90. The lowest BCUT2D eigenvalue weighted by molar-refractivity contribution is -0.125. The van der Waals surface area contributed by atoms with Crippen molar-refractivity contribution in [1.29, 1.82) is 0 Å². The average Bonchev–Trinajstić information content (AvgIpc) is 3.47. The summed E-state index contributed by atoms with van der Waals surface area (Å²) in [7, 11) is 0. The summed E-state index contributed by atoms with van der Waals surface area (Å²) in [4.78, 5) is 26.6. The molecule has 1 aliphatic carbocycles. The fourth-order valence-corrected chi connectivity index (χ4v) is 3.28. The molecule has 6 nitrogen and oxygen atoms in total. The predicted octanol–water partition coefficient (Wildman–Crippen LogP) is 1.87. The normalized spacial score (nSPS) is 20.0. The highest BCUT2D eigenvalue weighted by Gasteiger charge is 2.31.